The molecule has 21 heavy (non-hydrogen) atoms. The van der Waals surface area contributed by atoms with Crippen molar-refractivity contribution in [3.8, 4) is 11.1 Å². The Hall–Kier alpha value is -2.16. The third-order valence-electron chi connectivity index (χ3n) is 5.17. The van der Waals surface area contributed by atoms with Gasteiger partial charge in [-0.25, -0.2) is 0 Å². The lowest BCUT2D eigenvalue weighted by molar-refractivity contribution is -0.384. The van der Waals surface area contributed by atoms with Crippen LogP contribution < -0.4 is 0 Å². The van der Waals surface area contributed by atoms with Crippen molar-refractivity contribution in [3.63, 3.8) is 0 Å². The molecule has 3 nitrogen and oxygen atoms in total. The van der Waals surface area contributed by atoms with Crippen molar-refractivity contribution in [1.82, 2.24) is 0 Å². The van der Waals surface area contributed by atoms with Crippen LogP contribution in [0, 0.1) is 10.1 Å². The van der Waals surface area contributed by atoms with Gasteiger partial charge < -0.3 is 0 Å². The number of fused-ring (bicyclic) bond motifs is 5. The molecule has 0 bridgehead atoms. The molecule has 0 N–H and O–H groups in total. The molecular weight excluding hydrogens is 262 g/mol. The molecule has 2 aromatic carbocycles. The normalized spacial score (nSPS) is 18.3. The van der Waals surface area contributed by atoms with E-state index in [2.05, 4.69) is 24.3 Å². The van der Waals surface area contributed by atoms with Gasteiger partial charge in [-0.1, -0.05) is 43.5 Å². The van der Waals surface area contributed by atoms with E-state index in [0.29, 0.717) is 0 Å². The van der Waals surface area contributed by atoms with Gasteiger partial charge in [-0.05, 0) is 41.2 Å². The van der Waals surface area contributed by atoms with Crippen LogP contribution in [-0.2, 0) is 5.41 Å². The van der Waals surface area contributed by atoms with Crippen LogP contribution in [0.5, 0.6) is 0 Å². The topological polar surface area (TPSA) is 43.1 Å². The van der Waals surface area contributed by atoms with Crippen molar-refractivity contribution in [3.05, 3.63) is 63.7 Å². The van der Waals surface area contributed by atoms with Gasteiger partial charge in [0.05, 0.1) is 4.92 Å². The second-order valence-electron chi connectivity index (χ2n) is 6.18. The first-order valence-electron chi connectivity index (χ1n) is 7.61. The second kappa shape index (κ2) is 4.42. The van der Waals surface area contributed by atoms with E-state index in [1.165, 1.54) is 41.5 Å². The van der Waals surface area contributed by atoms with Gasteiger partial charge in [-0.2, -0.15) is 0 Å². The number of nitro groups is 1. The average molecular weight is 279 g/mol. The molecule has 0 saturated heterocycles. The van der Waals surface area contributed by atoms with E-state index in [1.54, 1.807) is 6.07 Å². The average Bonchev–Trinajstić information content (AvgIpc) is 2.79. The molecule has 0 unspecified atom stereocenters. The van der Waals surface area contributed by atoms with Crippen LogP contribution in [0.15, 0.2) is 42.5 Å². The summed E-state index contributed by atoms with van der Waals surface area (Å²) in [5.41, 5.74) is 5.24. The number of hydrogen-bond acceptors (Lipinski definition) is 2. The second-order valence-corrected chi connectivity index (χ2v) is 6.18. The van der Waals surface area contributed by atoms with E-state index in [4.69, 9.17) is 0 Å². The van der Waals surface area contributed by atoms with Gasteiger partial charge in [0.2, 0.25) is 0 Å². The van der Waals surface area contributed by atoms with Crippen molar-refractivity contribution in [2.75, 3.05) is 0 Å². The lowest BCUT2D eigenvalue weighted by Crippen LogP contribution is -2.28. The maximum atomic E-state index is 11.2. The first-order valence-corrected chi connectivity index (χ1v) is 7.61. The van der Waals surface area contributed by atoms with E-state index in [9.17, 15) is 10.1 Å². The van der Waals surface area contributed by atoms with Gasteiger partial charge >= 0.3 is 0 Å². The molecule has 106 valence electrons. The summed E-state index contributed by atoms with van der Waals surface area (Å²) in [4.78, 5) is 10.9. The molecule has 0 heterocycles. The molecule has 0 aromatic heterocycles. The Morgan fingerprint density at radius 1 is 0.905 bits per heavy atom. The Balaban J connectivity index is 2.00. The predicted molar refractivity (Wildman–Crippen MR) is 82.4 cm³/mol. The number of benzene rings is 2. The van der Waals surface area contributed by atoms with E-state index in [-0.39, 0.29) is 16.0 Å². The van der Waals surface area contributed by atoms with Crippen molar-refractivity contribution in [1.29, 1.82) is 0 Å². The van der Waals surface area contributed by atoms with Gasteiger partial charge in [0.1, 0.15) is 0 Å². The van der Waals surface area contributed by atoms with E-state index >= 15 is 0 Å². The zero-order chi connectivity index (χ0) is 14.4. The van der Waals surface area contributed by atoms with Crippen molar-refractivity contribution in [2.24, 2.45) is 0 Å². The molecule has 1 spiro atoms. The Labute approximate surface area is 123 Å². The highest BCUT2D eigenvalue weighted by molar-refractivity contribution is 5.82. The molecular formula is C18H17NO2. The molecule has 0 radical (unpaired) electrons. The fourth-order valence-electron chi connectivity index (χ4n) is 4.25. The molecule has 2 aliphatic carbocycles. The van der Waals surface area contributed by atoms with Crippen LogP contribution in [0.4, 0.5) is 5.69 Å². The van der Waals surface area contributed by atoms with Crippen molar-refractivity contribution >= 4 is 5.69 Å². The highest BCUT2D eigenvalue weighted by Gasteiger charge is 2.44. The zero-order valence-electron chi connectivity index (χ0n) is 11.8. The van der Waals surface area contributed by atoms with E-state index in [0.717, 1.165) is 12.8 Å². The van der Waals surface area contributed by atoms with Gasteiger partial charge in [-0.15, -0.1) is 0 Å². The van der Waals surface area contributed by atoms with Crippen LogP contribution in [-0.4, -0.2) is 4.92 Å². The zero-order valence-corrected chi connectivity index (χ0v) is 11.8. The highest BCUT2D eigenvalue weighted by Crippen LogP contribution is 2.56. The first-order chi connectivity index (χ1) is 10.2. The maximum Gasteiger partial charge on any atom is 0.269 e. The Bertz CT molecular complexity index is 730. The van der Waals surface area contributed by atoms with Gasteiger partial charge in [-0.3, -0.25) is 10.1 Å². The lowest BCUT2D eigenvalue weighted by Gasteiger charge is -2.35. The first kappa shape index (κ1) is 12.6. The minimum absolute atomic E-state index is 0.0101. The van der Waals surface area contributed by atoms with Crippen LogP contribution in [0.1, 0.15) is 43.2 Å². The SMILES string of the molecule is O=[N+]([O-])c1ccc2c(c1)C1(CCCCC1)c1ccccc1-2. The highest BCUT2D eigenvalue weighted by atomic mass is 16.6. The van der Waals surface area contributed by atoms with Crippen LogP contribution in [0.3, 0.4) is 0 Å². The smallest absolute Gasteiger partial charge is 0.258 e. The van der Waals surface area contributed by atoms with Gasteiger partial charge in [0.15, 0.2) is 0 Å². The maximum absolute atomic E-state index is 11.2. The largest absolute Gasteiger partial charge is 0.269 e. The molecule has 0 atom stereocenters. The molecule has 0 amide bonds. The molecule has 2 aromatic rings. The molecule has 3 heteroatoms. The summed E-state index contributed by atoms with van der Waals surface area (Å²) in [6.45, 7) is 0. The standard InChI is InChI=1S/C18H17NO2/c20-19(21)13-8-9-15-14-6-2-3-7-16(14)18(17(15)12-13)10-4-1-5-11-18/h2-3,6-9,12H,1,4-5,10-11H2. The fourth-order valence-corrected chi connectivity index (χ4v) is 4.25. The van der Waals surface area contributed by atoms with Crippen LogP contribution in [0.2, 0.25) is 0 Å². The summed E-state index contributed by atoms with van der Waals surface area (Å²) in [5, 5.41) is 11.2. The molecule has 2 aliphatic rings. The summed E-state index contributed by atoms with van der Waals surface area (Å²) < 4.78 is 0. The summed E-state index contributed by atoms with van der Waals surface area (Å²) in [5.74, 6) is 0. The van der Waals surface area contributed by atoms with Gasteiger partial charge in [0.25, 0.3) is 5.69 Å². The van der Waals surface area contributed by atoms with Crippen LogP contribution >= 0.6 is 0 Å². The minimum Gasteiger partial charge on any atom is -0.258 e. The third-order valence-corrected chi connectivity index (χ3v) is 5.17. The Kier molecular flexibility index (Phi) is 2.64. The lowest BCUT2D eigenvalue weighted by atomic mass is 9.68. The monoisotopic (exact) mass is 279 g/mol. The Morgan fingerprint density at radius 2 is 1.62 bits per heavy atom. The van der Waals surface area contributed by atoms with Crippen molar-refractivity contribution in [2.45, 2.75) is 37.5 Å². The molecule has 4 rings (SSSR count). The molecule has 1 fully saturated rings. The molecule has 0 aliphatic heterocycles. The minimum atomic E-state index is -0.278. The molecule has 1 saturated carbocycles. The summed E-state index contributed by atoms with van der Waals surface area (Å²) in [6.07, 6.45) is 5.90. The summed E-state index contributed by atoms with van der Waals surface area (Å²) in [6, 6.07) is 13.9. The summed E-state index contributed by atoms with van der Waals surface area (Å²) >= 11 is 0. The number of rotatable bonds is 1. The number of nitrogens with zero attached hydrogens (tertiary/aromatic N) is 1. The number of non-ortho nitro benzene ring substituents is 1. The number of nitro benzene ring substituents is 1. The summed E-state index contributed by atoms with van der Waals surface area (Å²) in [7, 11) is 0. The quantitative estimate of drug-likeness (QED) is 0.554. The Morgan fingerprint density at radius 3 is 2.38 bits per heavy atom. The van der Waals surface area contributed by atoms with E-state index in [1.807, 2.05) is 12.1 Å². The van der Waals surface area contributed by atoms with Crippen molar-refractivity contribution < 1.29 is 4.92 Å². The van der Waals surface area contributed by atoms with E-state index < -0.39 is 0 Å². The van der Waals surface area contributed by atoms with Crippen LogP contribution in [0.25, 0.3) is 11.1 Å². The third kappa shape index (κ3) is 1.67. The van der Waals surface area contributed by atoms with Gasteiger partial charge in [0, 0.05) is 17.5 Å². The predicted octanol–water partition coefficient (Wildman–Crippen LogP) is 4.83. The fraction of sp³-hybridized carbons (Fsp3) is 0.333. The number of hydrogen-bond donors (Lipinski definition) is 0.